The zero-order valence-electron chi connectivity index (χ0n) is 11.6. The third-order valence-corrected chi connectivity index (χ3v) is 3.87. The van der Waals surface area contributed by atoms with Gasteiger partial charge in [0.05, 0.1) is 0 Å². The van der Waals surface area contributed by atoms with E-state index in [0.717, 1.165) is 19.6 Å². The predicted molar refractivity (Wildman–Crippen MR) is 85.7 cm³/mol. The van der Waals surface area contributed by atoms with Crippen LogP contribution in [0.1, 0.15) is 21.5 Å². The second kappa shape index (κ2) is 6.25. The first-order valence-electron chi connectivity index (χ1n) is 6.99. The quantitative estimate of drug-likeness (QED) is 0.629. The van der Waals surface area contributed by atoms with E-state index in [0.29, 0.717) is 16.1 Å². The van der Waals surface area contributed by atoms with Gasteiger partial charge in [-0.05, 0) is 29.8 Å². The Bertz CT molecular complexity index is 651. The Morgan fingerprint density at radius 2 is 1.43 bits per heavy atom. The molecule has 2 aromatic rings. The first-order chi connectivity index (χ1) is 10.2. The maximum absolute atomic E-state index is 12.3. The molecular weight excluding hydrogens is 282 g/mol. The zero-order chi connectivity index (χ0) is 14.7. The van der Waals surface area contributed by atoms with Crippen LogP contribution in [0.4, 0.5) is 0 Å². The molecule has 0 radical (unpaired) electrons. The topological polar surface area (TPSA) is 20.3 Å². The van der Waals surface area contributed by atoms with Crippen molar-refractivity contribution in [3.8, 4) is 0 Å². The summed E-state index contributed by atoms with van der Waals surface area (Å²) in [6, 6.07) is 14.9. The molecule has 1 heterocycles. The molecule has 0 N–H and O–H groups in total. The van der Waals surface area contributed by atoms with Gasteiger partial charge >= 0.3 is 0 Å². The molecule has 0 saturated carbocycles. The molecule has 1 aliphatic heterocycles. The van der Waals surface area contributed by atoms with E-state index in [1.807, 2.05) is 24.3 Å². The Labute approximate surface area is 129 Å². The van der Waals surface area contributed by atoms with Crippen molar-refractivity contribution in [2.75, 3.05) is 13.1 Å². The van der Waals surface area contributed by atoms with Crippen molar-refractivity contribution >= 4 is 17.4 Å². The minimum absolute atomic E-state index is 0.0288. The summed E-state index contributed by atoms with van der Waals surface area (Å²) in [4.78, 5) is 14.7. The smallest absolute Gasteiger partial charge is 0.193 e. The van der Waals surface area contributed by atoms with Crippen LogP contribution in [0.5, 0.6) is 0 Å². The number of rotatable bonds is 4. The second-order valence-corrected chi connectivity index (χ2v) is 5.63. The third kappa shape index (κ3) is 3.41. The van der Waals surface area contributed by atoms with E-state index in [4.69, 9.17) is 11.6 Å². The fourth-order valence-electron chi connectivity index (χ4n) is 2.44. The highest BCUT2D eigenvalue weighted by Crippen LogP contribution is 2.15. The molecule has 3 heteroatoms. The van der Waals surface area contributed by atoms with Crippen LogP contribution in [0.3, 0.4) is 0 Å². The highest BCUT2D eigenvalue weighted by atomic mass is 35.5. The van der Waals surface area contributed by atoms with Crippen molar-refractivity contribution in [3.63, 3.8) is 0 Å². The zero-order valence-corrected chi connectivity index (χ0v) is 12.4. The lowest BCUT2D eigenvalue weighted by Crippen LogP contribution is -2.19. The van der Waals surface area contributed by atoms with E-state index < -0.39 is 0 Å². The first kappa shape index (κ1) is 14.1. The number of benzene rings is 2. The standard InChI is InChI=1S/C18H16ClNO/c19-17-9-7-16(8-10-17)18(21)15-5-3-14(4-6-15)13-20-11-1-2-12-20/h1-10H,11-13H2. The van der Waals surface area contributed by atoms with Gasteiger partial charge < -0.3 is 0 Å². The fraction of sp³-hybridized carbons (Fsp3) is 0.167. The van der Waals surface area contributed by atoms with E-state index in [1.165, 1.54) is 5.56 Å². The molecular formula is C18H16ClNO. The molecule has 21 heavy (non-hydrogen) atoms. The lowest BCUT2D eigenvalue weighted by Gasteiger charge is -2.14. The van der Waals surface area contributed by atoms with Gasteiger partial charge in [0.1, 0.15) is 0 Å². The van der Waals surface area contributed by atoms with Crippen molar-refractivity contribution < 1.29 is 4.79 Å². The molecule has 2 nitrogen and oxygen atoms in total. The lowest BCUT2D eigenvalue weighted by atomic mass is 10.0. The average molecular weight is 298 g/mol. The molecule has 3 rings (SSSR count). The van der Waals surface area contributed by atoms with Crippen molar-refractivity contribution in [3.05, 3.63) is 82.4 Å². The summed E-state index contributed by atoms with van der Waals surface area (Å²) in [5.74, 6) is 0.0288. The molecule has 106 valence electrons. The van der Waals surface area contributed by atoms with Crippen LogP contribution >= 0.6 is 11.6 Å². The van der Waals surface area contributed by atoms with Gasteiger partial charge in [-0.3, -0.25) is 9.69 Å². The van der Waals surface area contributed by atoms with Crippen LogP contribution in [0.25, 0.3) is 0 Å². The molecule has 0 aliphatic carbocycles. The summed E-state index contributed by atoms with van der Waals surface area (Å²) >= 11 is 5.84. The summed E-state index contributed by atoms with van der Waals surface area (Å²) in [7, 11) is 0. The van der Waals surface area contributed by atoms with Crippen LogP contribution < -0.4 is 0 Å². The maximum Gasteiger partial charge on any atom is 0.193 e. The van der Waals surface area contributed by atoms with Gasteiger partial charge in [0.15, 0.2) is 5.78 Å². The van der Waals surface area contributed by atoms with E-state index in [1.54, 1.807) is 24.3 Å². The highest BCUT2D eigenvalue weighted by Gasteiger charge is 2.10. The fourth-order valence-corrected chi connectivity index (χ4v) is 2.56. The first-order valence-corrected chi connectivity index (χ1v) is 7.37. The largest absolute Gasteiger partial charge is 0.292 e. The maximum atomic E-state index is 12.3. The number of ketones is 1. The van der Waals surface area contributed by atoms with Gasteiger partial charge in [-0.2, -0.15) is 0 Å². The van der Waals surface area contributed by atoms with Crippen LogP contribution in [0.2, 0.25) is 5.02 Å². The number of nitrogens with zero attached hydrogens (tertiary/aromatic N) is 1. The van der Waals surface area contributed by atoms with E-state index in [2.05, 4.69) is 17.1 Å². The number of carbonyl (C=O) groups excluding carboxylic acids is 1. The minimum atomic E-state index is 0.0288. The lowest BCUT2D eigenvalue weighted by molar-refractivity contribution is 0.103. The van der Waals surface area contributed by atoms with Gasteiger partial charge in [0, 0.05) is 35.8 Å². The van der Waals surface area contributed by atoms with Crippen molar-refractivity contribution in [1.29, 1.82) is 0 Å². The van der Waals surface area contributed by atoms with E-state index in [-0.39, 0.29) is 5.78 Å². The predicted octanol–water partition coefficient (Wildman–Crippen LogP) is 3.94. The Morgan fingerprint density at radius 1 is 0.905 bits per heavy atom. The van der Waals surface area contributed by atoms with Crippen LogP contribution in [-0.2, 0) is 6.54 Å². The van der Waals surface area contributed by atoms with Crippen molar-refractivity contribution in [2.45, 2.75) is 6.54 Å². The number of hydrogen-bond donors (Lipinski definition) is 0. The summed E-state index contributed by atoms with van der Waals surface area (Å²) in [6.07, 6.45) is 4.36. The van der Waals surface area contributed by atoms with Crippen LogP contribution in [0.15, 0.2) is 60.7 Å². The average Bonchev–Trinajstić information content (AvgIpc) is 3.01. The molecule has 1 aliphatic rings. The van der Waals surface area contributed by atoms with Gasteiger partial charge in [-0.1, -0.05) is 48.0 Å². The van der Waals surface area contributed by atoms with Gasteiger partial charge in [0.25, 0.3) is 0 Å². The van der Waals surface area contributed by atoms with Crippen molar-refractivity contribution in [2.24, 2.45) is 0 Å². The summed E-state index contributed by atoms with van der Waals surface area (Å²) in [5, 5.41) is 0.640. The number of hydrogen-bond acceptors (Lipinski definition) is 2. The van der Waals surface area contributed by atoms with Gasteiger partial charge in [-0.25, -0.2) is 0 Å². The summed E-state index contributed by atoms with van der Waals surface area (Å²) < 4.78 is 0. The Kier molecular flexibility index (Phi) is 4.18. The Hall–Kier alpha value is -1.90. The molecule has 0 bridgehead atoms. The number of halogens is 1. The van der Waals surface area contributed by atoms with Crippen molar-refractivity contribution in [1.82, 2.24) is 4.90 Å². The van der Waals surface area contributed by atoms with Gasteiger partial charge in [-0.15, -0.1) is 0 Å². The number of carbonyl (C=O) groups is 1. The third-order valence-electron chi connectivity index (χ3n) is 3.62. The minimum Gasteiger partial charge on any atom is -0.292 e. The molecule has 0 spiro atoms. The molecule has 0 amide bonds. The summed E-state index contributed by atoms with van der Waals surface area (Å²) in [5.41, 5.74) is 2.60. The molecule has 0 atom stereocenters. The molecule has 2 aromatic carbocycles. The normalized spacial score (nSPS) is 14.5. The monoisotopic (exact) mass is 297 g/mol. The summed E-state index contributed by atoms with van der Waals surface area (Å²) in [6.45, 7) is 2.93. The van der Waals surface area contributed by atoms with Gasteiger partial charge in [0.2, 0.25) is 0 Å². The Balaban J connectivity index is 1.71. The molecule has 0 fully saturated rings. The molecule has 0 saturated heterocycles. The SMILES string of the molecule is O=C(c1ccc(Cl)cc1)c1ccc(CN2CC=CC2)cc1. The molecule has 0 aromatic heterocycles. The van der Waals surface area contributed by atoms with E-state index in [9.17, 15) is 4.79 Å². The van der Waals surface area contributed by atoms with Crippen LogP contribution in [0, 0.1) is 0 Å². The second-order valence-electron chi connectivity index (χ2n) is 5.20. The Morgan fingerprint density at radius 3 is 2.00 bits per heavy atom. The highest BCUT2D eigenvalue weighted by molar-refractivity contribution is 6.30. The molecule has 0 unspecified atom stereocenters. The van der Waals surface area contributed by atoms with E-state index >= 15 is 0 Å². The van der Waals surface area contributed by atoms with Crippen LogP contribution in [-0.4, -0.2) is 23.8 Å².